The molecule has 6 nitrogen and oxygen atoms in total. The first kappa shape index (κ1) is 14.5. The molecule has 21 heavy (non-hydrogen) atoms. The van der Waals surface area contributed by atoms with Crippen LogP contribution in [0.4, 0.5) is 0 Å². The lowest BCUT2D eigenvalue weighted by Crippen LogP contribution is -2.40. The lowest BCUT2D eigenvalue weighted by Gasteiger charge is -2.24. The smallest absolute Gasteiger partial charge is 0.252 e. The van der Waals surface area contributed by atoms with E-state index in [0.717, 1.165) is 11.8 Å². The van der Waals surface area contributed by atoms with E-state index in [-0.39, 0.29) is 31.0 Å². The molecule has 0 aliphatic carbocycles. The van der Waals surface area contributed by atoms with Gasteiger partial charge in [0.15, 0.2) is 0 Å². The van der Waals surface area contributed by atoms with Crippen LogP contribution in [-0.2, 0) is 21.4 Å². The lowest BCUT2D eigenvalue weighted by atomic mass is 10.0. The Morgan fingerprint density at radius 1 is 1.24 bits per heavy atom. The number of aliphatic hydroxyl groups excluding tert-OH is 1. The van der Waals surface area contributed by atoms with E-state index in [2.05, 4.69) is 0 Å². The minimum atomic E-state index is -3.30. The number of nitrogens with zero attached hydrogens (tertiary/aromatic N) is 2. The second kappa shape index (κ2) is 5.08. The molecular formula is C14H18N2O4S. The van der Waals surface area contributed by atoms with Crippen LogP contribution in [0.3, 0.4) is 0 Å². The van der Waals surface area contributed by atoms with E-state index in [1.165, 1.54) is 4.31 Å². The second-order valence-corrected chi connectivity index (χ2v) is 7.69. The van der Waals surface area contributed by atoms with Crippen LogP contribution < -0.4 is 0 Å². The van der Waals surface area contributed by atoms with Gasteiger partial charge in [-0.3, -0.25) is 4.79 Å². The Labute approximate surface area is 124 Å². The minimum Gasteiger partial charge on any atom is -0.383 e. The summed E-state index contributed by atoms with van der Waals surface area (Å²) in [7, 11) is -3.30. The van der Waals surface area contributed by atoms with Crippen LogP contribution >= 0.6 is 0 Å². The summed E-state index contributed by atoms with van der Waals surface area (Å²) in [5.74, 6) is -0.641. The maximum atomic E-state index is 12.2. The number of benzene rings is 1. The summed E-state index contributed by atoms with van der Waals surface area (Å²) in [5.41, 5.74) is 0.969. The van der Waals surface area contributed by atoms with Crippen LogP contribution in [0.15, 0.2) is 30.3 Å². The van der Waals surface area contributed by atoms with Crippen molar-refractivity contribution >= 4 is 15.9 Å². The Balaban J connectivity index is 1.83. The zero-order valence-electron chi connectivity index (χ0n) is 11.7. The van der Waals surface area contributed by atoms with Crippen molar-refractivity contribution < 1.29 is 18.3 Å². The van der Waals surface area contributed by atoms with Crippen molar-refractivity contribution in [2.24, 2.45) is 5.92 Å². The van der Waals surface area contributed by atoms with Gasteiger partial charge < -0.3 is 10.0 Å². The zero-order chi connectivity index (χ0) is 15.2. The van der Waals surface area contributed by atoms with Crippen LogP contribution in [0.25, 0.3) is 0 Å². The molecule has 7 heteroatoms. The summed E-state index contributed by atoms with van der Waals surface area (Å²) in [4.78, 5) is 13.8. The summed E-state index contributed by atoms with van der Waals surface area (Å²) >= 11 is 0. The molecule has 2 fully saturated rings. The molecule has 1 aromatic carbocycles. The molecule has 2 saturated heterocycles. The summed E-state index contributed by atoms with van der Waals surface area (Å²) < 4.78 is 24.7. The standard InChI is InChI=1S/C14H18N2O4S/c1-21(19,20)15-8-11-12(9-15)16(14(18)13(11)17)7-10-5-3-2-4-6-10/h2-6,11-13,17H,7-9H2,1H3/t11-,12+,13-/m0/s1. The van der Waals surface area contributed by atoms with Gasteiger partial charge in [-0.1, -0.05) is 30.3 Å². The highest BCUT2D eigenvalue weighted by atomic mass is 32.2. The molecule has 1 aromatic rings. The molecule has 1 amide bonds. The Morgan fingerprint density at radius 3 is 2.52 bits per heavy atom. The highest BCUT2D eigenvalue weighted by molar-refractivity contribution is 7.88. The summed E-state index contributed by atoms with van der Waals surface area (Å²) in [6.07, 6.45) is 0.0505. The van der Waals surface area contributed by atoms with Gasteiger partial charge in [-0.2, -0.15) is 4.31 Å². The van der Waals surface area contributed by atoms with Crippen molar-refractivity contribution in [1.29, 1.82) is 0 Å². The molecular weight excluding hydrogens is 292 g/mol. The number of rotatable bonds is 3. The quantitative estimate of drug-likeness (QED) is 0.828. The number of carbonyl (C=O) groups is 1. The van der Waals surface area contributed by atoms with E-state index in [0.29, 0.717) is 6.54 Å². The van der Waals surface area contributed by atoms with Gasteiger partial charge in [-0.05, 0) is 5.56 Å². The van der Waals surface area contributed by atoms with E-state index in [4.69, 9.17) is 0 Å². The van der Waals surface area contributed by atoms with Crippen LogP contribution in [0.5, 0.6) is 0 Å². The Hall–Kier alpha value is -1.44. The molecule has 2 aliphatic heterocycles. The molecule has 0 aromatic heterocycles. The molecule has 0 spiro atoms. The number of hydrogen-bond donors (Lipinski definition) is 1. The number of fused-ring (bicyclic) bond motifs is 1. The fraction of sp³-hybridized carbons (Fsp3) is 0.500. The van der Waals surface area contributed by atoms with Gasteiger partial charge in [-0.25, -0.2) is 8.42 Å². The topological polar surface area (TPSA) is 77.9 Å². The fourth-order valence-corrected chi connectivity index (χ4v) is 4.04. The van der Waals surface area contributed by atoms with Gasteiger partial charge >= 0.3 is 0 Å². The lowest BCUT2D eigenvalue weighted by molar-refractivity contribution is -0.136. The molecule has 0 bridgehead atoms. The molecule has 3 rings (SSSR count). The van der Waals surface area contributed by atoms with Gasteiger partial charge in [-0.15, -0.1) is 0 Å². The Kier molecular flexibility index (Phi) is 3.51. The number of aliphatic hydroxyl groups is 1. The SMILES string of the molecule is CS(=O)(=O)N1C[C@@H]2[C@H](O)C(=O)N(Cc3ccccc3)[C@@H]2C1. The first-order valence-corrected chi connectivity index (χ1v) is 8.70. The highest BCUT2D eigenvalue weighted by Crippen LogP contribution is 2.34. The van der Waals surface area contributed by atoms with Crippen molar-refractivity contribution in [3.8, 4) is 0 Å². The summed E-state index contributed by atoms with van der Waals surface area (Å²) in [6, 6.07) is 9.26. The van der Waals surface area contributed by atoms with Gasteiger partial charge in [0.1, 0.15) is 6.10 Å². The second-order valence-electron chi connectivity index (χ2n) is 5.71. The fourth-order valence-electron chi connectivity index (χ4n) is 3.18. The van der Waals surface area contributed by atoms with Gasteiger partial charge in [0.25, 0.3) is 5.91 Å². The molecule has 0 saturated carbocycles. The number of likely N-dealkylation sites (tertiary alicyclic amines) is 1. The monoisotopic (exact) mass is 310 g/mol. The number of sulfonamides is 1. The van der Waals surface area contributed by atoms with E-state index in [1.54, 1.807) is 4.90 Å². The first-order chi connectivity index (χ1) is 9.88. The van der Waals surface area contributed by atoms with Gasteiger partial charge in [0.2, 0.25) is 10.0 Å². The third-order valence-electron chi connectivity index (χ3n) is 4.31. The highest BCUT2D eigenvalue weighted by Gasteiger charge is 2.53. The van der Waals surface area contributed by atoms with Crippen molar-refractivity contribution in [1.82, 2.24) is 9.21 Å². The third-order valence-corrected chi connectivity index (χ3v) is 5.54. The number of amides is 1. The number of carbonyl (C=O) groups excluding carboxylic acids is 1. The van der Waals surface area contributed by atoms with Crippen molar-refractivity contribution in [3.05, 3.63) is 35.9 Å². The average Bonchev–Trinajstić information content (AvgIpc) is 2.96. The van der Waals surface area contributed by atoms with E-state index >= 15 is 0 Å². The molecule has 3 atom stereocenters. The molecule has 1 N–H and O–H groups in total. The predicted molar refractivity (Wildman–Crippen MR) is 76.7 cm³/mol. The Morgan fingerprint density at radius 2 is 1.90 bits per heavy atom. The van der Waals surface area contributed by atoms with Crippen LogP contribution in [0.1, 0.15) is 5.56 Å². The minimum absolute atomic E-state index is 0.210. The molecule has 2 aliphatic rings. The van der Waals surface area contributed by atoms with Crippen molar-refractivity contribution in [2.45, 2.75) is 18.7 Å². The van der Waals surface area contributed by atoms with Gasteiger partial charge in [0.05, 0.1) is 12.3 Å². The maximum absolute atomic E-state index is 12.2. The first-order valence-electron chi connectivity index (χ1n) is 6.85. The number of hydrogen-bond acceptors (Lipinski definition) is 4. The molecule has 0 unspecified atom stereocenters. The van der Waals surface area contributed by atoms with Crippen LogP contribution in [0.2, 0.25) is 0 Å². The third kappa shape index (κ3) is 2.56. The normalized spacial score (nSPS) is 29.9. The maximum Gasteiger partial charge on any atom is 0.252 e. The molecule has 114 valence electrons. The van der Waals surface area contributed by atoms with Crippen LogP contribution in [0, 0.1) is 5.92 Å². The Bertz CT molecular complexity index is 646. The summed E-state index contributed by atoms with van der Waals surface area (Å²) in [5, 5.41) is 10.1. The predicted octanol–water partition coefficient (Wildman–Crippen LogP) is -0.350. The average molecular weight is 310 g/mol. The van der Waals surface area contributed by atoms with E-state index < -0.39 is 16.1 Å². The van der Waals surface area contributed by atoms with Crippen molar-refractivity contribution in [3.63, 3.8) is 0 Å². The van der Waals surface area contributed by atoms with Gasteiger partial charge in [0, 0.05) is 25.6 Å². The zero-order valence-corrected chi connectivity index (χ0v) is 12.5. The molecule has 0 radical (unpaired) electrons. The summed E-state index contributed by atoms with van der Waals surface area (Å²) in [6.45, 7) is 0.871. The van der Waals surface area contributed by atoms with E-state index in [9.17, 15) is 18.3 Å². The van der Waals surface area contributed by atoms with E-state index in [1.807, 2.05) is 30.3 Å². The largest absolute Gasteiger partial charge is 0.383 e. The molecule has 2 heterocycles. The van der Waals surface area contributed by atoms with Crippen LogP contribution in [-0.4, -0.2) is 60.1 Å². The van der Waals surface area contributed by atoms with Crippen molar-refractivity contribution in [2.75, 3.05) is 19.3 Å².